The summed E-state index contributed by atoms with van der Waals surface area (Å²) in [6.45, 7) is 5.99. The van der Waals surface area contributed by atoms with Crippen molar-refractivity contribution >= 4 is 11.0 Å². The second-order valence-corrected chi connectivity index (χ2v) is 7.29. The molecule has 0 bridgehead atoms. The average Bonchev–Trinajstić information content (AvgIpc) is 2.61. The van der Waals surface area contributed by atoms with Crippen molar-refractivity contribution in [1.82, 2.24) is 4.72 Å². The second kappa shape index (κ2) is 4.30. The molecular weight excluding hydrogens is 218 g/mol. The minimum atomic E-state index is -0.984. The van der Waals surface area contributed by atoms with Crippen molar-refractivity contribution < 1.29 is 4.21 Å². The van der Waals surface area contributed by atoms with Crippen LogP contribution in [0, 0.1) is 0 Å². The maximum atomic E-state index is 12.0. The number of rotatable bonds is 2. The zero-order chi connectivity index (χ0) is 11.8. The molecule has 1 aliphatic carbocycles. The summed E-state index contributed by atoms with van der Waals surface area (Å²) in [6.07, 6.45) is 2.15. The molecule has 0 spiro atoms. The van der Waals surface area contributed by atoms with Crippen LogP contribution >= 0.6 is 0 Å². The second-order valence-electron chi connectivity index (χ2n) is 5.29. The van der Waals surface area contributed by atoms with Gasteiger partial charge in [0.25, 0.3) is 0 Å². The number of fused-ring (bicyclic) bond motifs is 1. The molecule has 88 valence electrons. The summed E-state index contributed by atoms with van der Waals surface area (Å²) < 4.78 is 15.1. The van der Waals surface area contributed by atoms with Crippen LogP contribution in [0.15, 0.2) is 24.3 Å². The van der Waals surface area contributed by atoms with E-state index in [1.165, 1.54) is 11.1 Å². The van der Waals surface area contributed by atoms with Crippen LogP contribution in [0.1, 0.15) is 44.4 Å². The van der Waals surface area contributed by atoms with E-state index in [1.54, 1.807) is 0 Å². The van der Waals surface area contributed by atoms with Gasteiger partial charge in [0.1, 0.15) is 0 Å². The summed E-state index contributed by atoms with van der Waals surface area (Å²) in [7, 11) is -0.984. The van der Waals surface area contributed by atoms with E-state index in [0.717, 1.165) is 12.8 Å². The van der Waals surface area contributed by atoms with Gasteiger partial charge in [-0.3, -0.25) is 0 Å². The normalized spacial score (nSPS) is 21.8. The Balaban J connectivity index is 2.12. The average molecular weight is 237 g/mol. The Hall–Kier alpha value is -0.670. The molecule has 0 amide bonds. The molecule has 2 atom stereocenters. The van der Waals surface area contributed by atoms with Gasteiger partial charge >= 0.3 is 0 Å². The zero-order valence-electron chi connectivity index (χ0n) is 10.1. The highest BCUT2D eigenvalue weighted by Gasteiger charge is 2.27. The fourth-order valence-corrected chi connectivity index (χ4v) is 2.84. The Labute approximate surface area is 100 Å². The third kappa shape index (κ3) is 2.36. The molecule has 2 rings (SSSR count). The summed E-state index contributed by atoms with van der Waals surface area (Å²) in [5, 5.41) is 0. The lowest BCUT2D eigenvalue weighted by Gasteiger charge is -2.22. The molecule has 3 heteroatoms. The van der Waals surface area contributed by atoms with Crippen molar-refractivity contribution in [2.45, 2.75) is 44.4 Å². The van der Waals surface area contributed by atoms with E-state index in [4.69, 9.17) is 0 Å². The van der Waals surface area contributed by atoms with Gasteiger partial charge in [-0.15, -0.1) is 0 Å². The smallest absolute Gasteiger partial charge is 0.0975 e. The van der Waals surface area contributed by atoms with E-state index in [0.29, 0.717) is 0 Å². The predicted octanol–water partition coefficient (Wildman–Crippen LogP) is 2.73. The highest BCUT2D eigenvalue weighted by atomic mass is 32.2. The van der Waals surface area contributed by atoms with E-state index in [9.17, 15) is 4.21 Å². The SMILES string of the molecule is CC(C)(C)[S@@](=O)N[C@@H]1CCc2ccccc21. The van der Waals surface area contributed by atoms with Crippen LogP contribution in [0.5, 0.6) is 0 Å². The molecule has 0 heterocycles. The lowest BCUT2D eigenvalue weighted by atomic mass is 10.1. The van der Waals surface area contributed by atoms with E-state index in [-0.39, 0.29) is 10.8 Å². The van der Waals surface area contributed by atoms with E-state index >= 15 is 0 Å². The summed E-state index contributed by atoms with van der Waals surface area (Å²) >= 11 is 0. The van der Waals surface area contributed by atoms with Crippen LogP contribution in [0.2, 0.25) is 0 Å². The van der Waals surface area contributed by atoms with Crippen molar-refractivity contribution in [1.29, 1.82) is 0 Å². The Bertz CT molecular complexity index is 409. The third-order valence-electron chi connectivity index (χ3n) is 2.94. The van der Waals surface area contributed by atoms with Crippen molar-refractivity contribution in [3.05, 3.63) is 35.4 Å². The van der Waals surface area contributed by atoms with Crippen LogP contribution in [-0.2, 0) is 17.4 Å². The molecule has 0 saturated carbocycles. The standard InChI is InChI=1S/C13H19NOS/c1-13(2,3)16(15)14-12-9-8-10-6-4-5-7-11(10)12/h4-7,12,14H,8-9H2,1-3H3/t12-,16-/m1/s1. The van der Waals surface area contributed by atoms with Gasteiger partial charge in [0, 0.05) is 6.04 Å². The summed E-state index contributed by atoms with van der Waals surface area (Å²) in [4.78, 5) is 0. The minimum absolute atomic E-state index is 0.197. The molecule has 1 aromatic rings. The van der Waals surface area contributed by atoms with E-state index in [1.807, 2.05) is 20.8 Å². The van der Waals surface area contributed by atoms with Crippen molar-refractivity contribution in [3.63, 3.8) is 0 Å². The topological polar surface area (TPSA) is 29.1 Å². The highest BCUT2D eigenvalue weighted by Crippen LogP contribution is 2.31. The first kappa shape index (κ1) is 11.8. The first-order chi connectivity index (χ1) is 7.48. The lowest BCUT2D eigenvalue weighted by Crippen LogP contribution is -2.35. The van der Waals surface area contributed by atoms with Crippen LogP contribution in [0.3, 0.4) is 0 Å². The number of hydrogen-bond donors (Lipinski definition) is 1. The molecule has 1 aromatic carbocycles. The summed E-state index contributed by atoms with van der Waals surface area (Å²) in [6, 6.07) is 8.69. The van der Waals surface area contributed by atoms with Crippen molar-refractivity contribution in [2.24, 2.45) is 0 Å². The number of aryl methyl sites for hydroxylation is 1. The van der Waals surface area contributed by atoms with Gasteiger partial charge in [-0.1, -0.05) is 24.3 Å². The monoisotopic (exact) mass is 237 g/mol. The van der Waals surface area contributed by atoms with Gasteiger partial charge in [-0.05, 0) is 44.7 Å². The van der Waals surface area contributed by atoms with Crippen molar-refractivity contribution in [2.75, 3.05) is 0 Å². The molecule has 0 aliphatic heterocycles. The fraction of sp³-hybridized carbons (Fsp3) is 0.538. The van der Waals surface area contributed by atoms with Gasteiger partial charge in [-0.2, -0.15) is 0 Å². The van der Waals surface area contributed by atoms with Gasteiger partial charge in [0.15, 0.2) is 0 Å². The van der Waals surface area contributed by atoms with Crippen LogP contribution in [0.4, 0.5) is 0 Å². The molecule has 0 fully saturated rings. The van der Waals surface area contributed by atoms with Crippen LogP contribution in [-0.4, -0.2) is 8.96 Å². The largest absolute Gasteiger partial charge is 0.242 e. The lowest BCUT2D eigenvalue weighted by molar-refractivity contribution is 0.596. The Morgan fingerprint density at radius 2 is 2.00 bits per heavy atom. The highest BCUT2D eigenvalue weighted by molar-refractivity contribution is 7.84. The first-order valence-corrected chi connectivity index (χ1v) is 6.89. The van der Waals surface area contributed by atoms with Crippen LogP contribution < -0.4 is 4.72 Å². The molecular formula is C13H19NOS. The maximum Gasteiger partial charge on any atom is 0.0975 e. The number of benzene rings is 1. The summed E-state index contributed by atoms with van der Waals surface area (Å²) in [5.41, 5.74) is 2.71. The Morgan fingerprint density at radius 1 is 1.31 bits per heavy atom. The first-order valence-electron chi connectivity index (χ1n) is 5.74. The van der Waals surface area contributed by atoms with E-state index < -0.39 is 11.0 Å². The van der Waals surface area contributed by atoms with Gasteiger partial charge in [0.05, 0.1) is 15.7 Å². The summed E-state index contributed by atoms with van der Waals surface area (Å²) in [5.74, 6) is 0. The fourth-order valence-electron chi connectivity index (χ4n) is 1.99. The third-order valence-corrected chi connectivity index (χ3v) is 4.55. The Morgan fingerprint density at radius 3 is 2.69 bits per heavy atom. The predicted molar refractivity (Wildman–Crippen MR) is 68.5 cm³/mol. The molecule has 1 N–H and O–H groups in total. The van der Waals surface area contributed by atoms with Gasteiger partial charge < -0.3 is 0 Å². The molecule has 0 unspecified atom stereocenters. The van der Waals surface area contributed by atoms with E-state index in [2.05, 4.69) is 29.0 Å². The molecule has 16 heavy (non-hydrogen) atoms. The van der Waals surface area contributed by atoms with Crippen molar-refractivity contribution in [3.8, 4) is 0 Å². The quantitative estimate of drug-likeness (QED) is 0.842. The van der Waals surface area contributed by atoms with Gasteiger partial charge in [-0.25, -0.2) is 8.93 Å². The Kier molecular flexibility index (Phi) is 3.17. The zero-order valence-corrected chi connectivity index (χ0v) is 10.9. The molecule has 1 aliphatic rings. The van der Waals surface area contributed by atoms with Gasteiger partial charge in [0.2, 0.25) is 0 Å². The number of hydrogen-bond acceptors (Lipinski definition) is 1. The molecule has 0 radical (unpaired) electrons. The maximum absolute atomic E-state index is 12.0. The minimum Gasteiger partial charge on any atom is -0.242 e. The van der Waals surface area contributed by atoms with Crippen LogP contribution in [0.25, 0.3) is 0 Å². The molecule has 0 saturated heterocycles. The number of nitrogens with one attached hydrogen (secondary N) is 1. The molecule has 0 aromatic heterocycles. The molecule has 2 nitrogen and oxygen atoms in total.